The van der Waals surface area contributed by atoms with Crippen molar-refractivity contribution >= 4 is 50.6 Å². The van der Waals surface area contributed by atoms with Crippen LogP contribution in [0.5, 0.6) is 11.6 Å². The van der Waals surface area contributed by atoms with Crippen molar-refractivity contribution in [2.75, 3.05) is 10.2 Å². The standard InChI is InChI=1S/C26H24N6O3S/c27-17-8-4-5-9-18(17)30-24(33)23-22-21-19(12-13-28-25(21)36-23)32(26(34)31-22)15-10-11-20(29-14-15)35-16-6-2-1-3-7-16/h1-3,6-7,10-14,17-18H,4-5,8-9,27H2,(H,30,33)(H,31,34)/t17-,18-/m1/s1. The topological polar surface area (TPSA) is 122 Å². The second-order valence-electron chi connectivity index (χ2n) is 8.88. The van der Waals surface area contributed by atoms with Gasteiger partial charge in [-0.15, -0.1) is 11.3 Å². The molecule has 36 heavy (non-hydrogen) atoms. The van der Waals surface area contributed by atoms with Gasteiger partial charge in [0.05, 0.1) is 28.6 Å². The lowest BCUT2D eigenvalue weighted by molar-refractivity contribution is 0.0926. The number of thiophene rings is 1. The van der Waals surface area contributed by atoms with Crippen LogP contribution in [0.3, 0.4) is 0 Å². The van der Waals surface area contributed by atoms with Gasteiger partial charge in [0.1, 0.15) is 15.5 Å². The van der Waals surface area contributed by atoms with Crippen LogP contribution in [0.25, 0.3) is 10.2 Å². The molecular weight excluding hydrogens is 476 g/mol. The minimum atomic E-state index is -0.379. The average molecular weight is 501 g/mol. The van der Waals surface area contributed by atoms with Crippen LogP contribution in [0.1, 0.15) is 35.4 Å². The van der Waals surface area contributed by atoms with Gasteiger partial charge in [0, 0.05) is 24.3 Å². The third kappa shape index (κ3) is 4.04. The molecule has 1 saturated carbocycles. The molecule has 182 valence electrons. The number of pyridine rings is 2. The Balaban J connectivity index is 1.31. The van der Waals surface area contributed by atoms with E-state index < -0.39 is 0 Å². The lowest BCUT2D eigenvalue weighted by Gasteiger charge is -2.30. The molecule has 0 unspecified atom stereocenters. The van der Waals surface area contributed by atoms with Crippen LogP contribution >= 0.6 is 11.3 Å². The number of amides is 3. The summed E-state index contributed by atoms with van der Waals surface area (Å²) in [5, 5.41) is 6.72. The van der Waals surface area contributed by atoms with E-state index in [1.54, 1.807) is 30.6 Å². The van der Waals surface area contributed by atoms with E-state index in [-0.39, 0.29) is 24.0 Å². The number of nitrogens with two attached hydrogens (primary N) is 1. The molecule has 1 fully saturated rings. The second kappa shape index (κ2) is 9.21. The summed E-state index contributed by atoms with van der Waals surface area (Å²) in [5.41, 5.74) is 7.92. The zero-order chi connectivity index (χ0) is 24.6. The Kier molecular flexibility index (Phi) is 5.74. The largest absolute Gasteiger partial charge is 0.439 e. The molecule has 0 radical (unpaired) electrons. The number of nitrogens with zero attached hydrogens (tertiary/aromatic N) is 3. The van der Waals surface area contributed by atoms with Crippen molar-refractivity contribution in [1.29, 1.82) is 0 Å². The van der Waals surface area contributed by atoms with Gasteiger partial charge in [-0.3, -0.25) is 9.69 Å². The van der Waals surface area contributed by atoms with Crippen LogP contribution in [0, 0.1) is 0 Å². The van der Waals surface area contributed by atoms with Gasteiger partial charge in [0.2, 0.25) is 5.88 Å². The predicted molar refractivity (Wildman–Crippen MR) is 139 cm³/mol. The quantitative estimate of drug-likeness (QED) is 0.348. The molecule has 9 nitrogen and oxygen atoms in total. The Labute approximate surface area is 211 Å². The fourth-order valence-corrected chi connectivity index (χ4v) is 5.77. The molecule has 0 bridgehead atoms. The molecule has 1 aromatic carbocycles. The number of benzene rings is 1. The molecule has 0 spiro atoms. The molecule has 0 saturated heterocycles. The van der Waals surface area contributed by atoms with Crippen molar-refractivity contribution in [3.8, 4) is 11.6 Å². The summed E-state index contributed by atoms with van der Waals surface area (Å²) in [4.78, 5) is 38.0. The minimum Gasteiger partial charge on any atom is -0.439 e. The van der Waals surface area contributed by atoms with Gasteiger partial charge in [-0.25, -0.2) is 14.8 Å². The molecule has 4 N–H and O–H groups in total. The number of carbonyl (C=O) groups is 2. The monoisotopic (exact) mass is 500 g/mol. The molecule has 2 atom stereocenters. The normalized spacial score (nSPS) is 19.1. The summed E-state index contributed by atoms with van der Waals surface area (Å²) in [6, 6.07) is 14.1. The van der Waals surface area contributed by atoms with Gasteiger partial charge in [0.25, 0.3) is 5.91 Å². The van der Waals surface area contributed by atoms with Crippen molar-refractivity contribution in [3.63, 3.8) is 0 Å². The highest BCUT2D eigenvalue weighted by Crippen LogP contribution is 2.45. The van der Waals surface area contributed by atoms with E-state index in [4.69, 9.17) is 10.5 Å². The molecule has 10 heteroatoms. The van der Waals surface area contributed by atoms with Crippen LogP contribution in [-0.2, 0) is 0 Å². The highest BCUT2D eigenvalue weighted by Gasteiger charge is 2.34. The first kappa shape index (κ1) is 22.4. The van der Waals surface area contributed by atoms with Crippen LogP contribution in [0.15, 0.2) is 60.9 Å². The number of aromatic nitrogens is 2. The first-order chi connectivity index (χ1) is 17.6. The predicted octanol–water partition coefficient (Wildman–Crippen LogP) is 5.17. The maximum atomic E-state index is 13.3. The second-order valence-corrected chi connectivity index (χ2v) is 9.88. The van der Waals surface area contributed by atoms with E-state index in [9.17, 15) is 9.59 Å². The minimum absolute atomic E-state index is 0.0615. The fourth-order valence-electron chi connectivity index (χ4n) is 4.75. The Morgan fingerprint density at radius 1 is 1.11 bits per heavy atom. The lowest BCUT2D eigenvalue weighted by atomic mass is 9.91. The molecule has 4 aromatic rings. The number of carbonyl (C=O) groups excluding carboxylic acids is 2. The number of nitrogens with one attached hydrogen (secondary N) is 2. The first-order valence-corrected chi connectivity index (χ1v) is 12.7. The summed E-state index contributed by atoms with van der Waals surface area (Å²) in [5.74, 6) is 0.852. The van der Waals surface area contributed by atoms with Crippen LogP contribution in [0.4, 0.5) is 21.9 Å². The molecular formula is C26H24N6O3S. The SMILES string of the molecule is N[C@@H]1CCCC[C@H]1NC(=O)c1sc2nccc3c2c1NC(=O)N3c1ccc(Oc2ccccc2)nc1. The van der Waals surface area contributed by atoms with Gasteiger partial charge in [-0.1, -0.05) is 31.0 Å². The summed E-state index contributed by atoms with van der Waals surface area (Å²) >= 11 is 1.26. The molecule has 6 rings (SSSR count). The van der Waals surface area contributed by atoms with Gasteiger partial charge in [-0.2, -0.15) is 0 Å². The highest BCUT2D eigenvalue weighted by molar-refractivity contribution is 7.21. The number of ether oxygens (including phenoxy) is 1. The summed E-state index contributed by atoms with van der Waals surface area (Å²) in [7, 11) is 0. The third-order valence-electron chi connectivity index (χ3n) is 6.53. The van der Waals surface area contributed by atoms with Crippen LogP contribution < -0.4 is 26.0 Å². The number of hydrogen-bond donors (Lipinski definition) is 3. The van der Waals surface area contributed by atoms with E-state index in [2.05, 4.69) is 20.6 Å². The van der Waals surface area contributed by atoms with E-state index >= 15 is 0 Å². The zero-order valence-electron chi connectivity index (χ0n) is 19.3. The Hall–Kier alpha value is -4.02. The molecule has 3 amide bonds. The van der Waals surface area contributed by atoms with E-state index in [0.717, 1.165) is 31.1 Å². The van der Waals surface area contributed by atoms with Crippen molar-refractivity contribution in [2.45, 2.75) is 37.8 Å². The molecule has 3 aromatic heterocycles. The molecule has 4 heterocycles. The van der Waals surface area contributed by atoms with Crippen molar-refractivity contribution in [1.82, 2.24) is 15.3 Å². The van der Waals surface area contributed by atoms with Crippen LogP contribution in [-0.4, -0.2) is 34.0 Å². The Morgan fingerprint density at radius 2 is 1.94 bits per heavy atom. The Bertz CT molecular complexity index is 1440. The van der Waals surface area contributed by atoms with Crippen LogP contribution in [0.2, 0.25) is 0 Å². The van der Waals surface area contributed by atoms with E-state index in [1.165, 1.54) is 16.2 Å². The average Bonchev–Trinajstić information content (AvgIpc) is 3.26. The van der Waals surface area contributed by atoms with Crippen molar-refractivity contribution in [2.24, 2.45) is 5.73 Å². The first-order valence-electron chi connectivity index (χ1n) is 11.9. The number of para-hydroxylation sites is 1. The van der Waals surface area contributed by atoms with Crippen molar-refractivity contribution < 1.29 is 14.3 Å². The van der Waals surface area contributed by atoms with Crippen molar-refractivity contribution in [3.05, 3.63) is 65.8 Å². The smallest absolute Gasteiger partial charge is 0.331 e. The summed E-state index contributed by atoms with van der Waals surface area (Å²) in [6.45, 7) is 0. The maximum absolute atomic E-state index is 13.3. The highest BCUT2D eigenvalue weighted by atomic mass is 32.1. The third-order valence-corrected chi connectivity index (χ3v) is 7.63. The van der Waals surface area contributed by atoms with Gasteiger partial charge < -0.3 is 21.1 Å². The lowest BCUT2D eigenvalue weighted by Crippen LogP contribution is -2.49. The Morgan fingerprint density at radius 3 is 2.72 bits per heavy atom. The van der Waals surface area contributed by atoms with E-state index in [1.807, 2.05) is 30.3 Å². The number of urea groups is 1. The number of hydrogen-bond acceptors (Lipinski definition) is 7. The van der Waals surface area contributed by atoms with Gasteiger partial charge >= 0.3 is 6.03 Å². The molecule has 2 aliphatic rings. The molecule has 1 aliphatic heterocycles. The van der Waals surface area contributed by atoms with Gasteiger partial charge in [-0.05, 0) is 37.1 Å². The summed E-state index contributed by atoms with van der Waals surface area (Å²) in [6.07, 6.45) is 7.09. The number of anilines is 3. The molecule has 1 aliphatic carbocycles. The number of rotatable bonds is 5. The maximum Gasteiger partial charge on any atom is 0.331 e. The van der Waals surface area contributed by atoms with Gasteiger partial charge in [0.15, 0.2) is 0 Å². The summed E-state index contributed by atoms with van der Waals surface area (Å²) < 4.78 is 5.77. The fraction of sp³-hybridized carbons (Fsp3) is 0.231. The zero-order valence-corrected chi connectivity index (χ0v) is 20.1. The van der Waals surface area contributed by atoms with E-state index in [0.29, 0.717) is 38.4 Å².